The van der Waals surface area contributed by atoms with Gasteiger partial charge in [-0.2, -0.15) is 0 Å². The molecule has 0 fully saturated rings. The smallest absolute Gasteiger partial charge is 0.242 e. The maximum absolute atomic E-state index is 12.1. The summed E-state index contributed by atoms with van der Waals surface area (Å²) < 4.78 is 0. The van der Waals surface area contributed by atoms with E-state index in [-0.39, 0.29) is 11.9 Å². The van der Waals surface area contributed by atoms with E-state index >= 15 is 0 Å². The van der Waals surface area contributed by atoms with Crippen LogP contribution in [0, 0.1) is 6.92 Å². The molecule has 2 rings (SSSR count). The molecule has 1 unspecified atom stereocenters. The number of nitrogens with zero attached hydrogens (tertiary/aromatic N) is 1. The van der Waals surface area contributed by atoms with Crippen molar-refractivity contribution in [1.82, 2.24) is 10.3 Å². The molecule has 3 N–H and O–H groups in total. The zero-order chi connectivity index (χ0) is 14.5. The number of carbonyl (C=O) groups is 1. The summed E-state index contributed by atoms with van der Waals surface area (Å²) in [7, 11) is 0. The average Bonchev–Trinajstić information content (AvgIpc) is 2.48. The first-order valence-corrected chi connectivity index (χ1v) is 6.61. The van der Waals surface area contributed by atoms with Crippen molar-refractivity contribution < 1.29 is 4.79 Å². The molecule has 20 heavy (non-hydrogen) atoms. The van der Waals surface area contributed by atoms with Crippen LogP contribution >= 0.6 is 0 Å². The van der Waals surface area contributed by atoms with Crippen molar-refractivity contribution in [3.05, 3.63) is 65.5 Å². The van der Waals surface area contributed by atoms with Crippen LogP contribution < -0.4 is 11.1 Å². The fourth-order valence-corrected chi connectivity index (χ4v) is 1.93. The molecule has 0 saturated heterocycles. The third-order valence-corrected chi connectivity index (χ3v) is 3.21. The molecule has 1 aromatic carbocycles. The molecule has 104 valence electrons. The lowest BCUT2D eigenvalue weighted by Crippen LogP contribution is -2.35. The quantitative estimate of drug-likeness (QED) is 0.894. The van der Waals surface area contributed by atoms with Crippen molar-refractivity contribution >= 4 is 5.91 Å². The van der Waals surface area contributed by atoms with Crippen LogP contribution in [-0.4, -0.2) is 10.9 Å². The maximum atomic E-state index is 12.1. The van der Waals surface area contributed by atoms with E-state index in [4.69, 9.17) is 5.73 Å². The lowest BCUT2D eigenvalue weighted by Gasteiger charge is -2.17. The van der Waals surface area contributed by atoms with E-state index in [0.29, 0.717) is 0 Å². The van der Waals surface area contributed by atoms with Crippen molar-refractivity contribution in [3.8, 4) is 0 Å². The summed E-state index contributed by atoms with van der Waals surface area (Å²) in [4.78, 5) is 16.4. The molecule has 4 heteroatoms. The third-order valence-electron chi connectivity index (χ3n) is 3.21. The Morgan fingerprint density at radius 2 is 1.90 bits per heavy atom. The third kappa shape index (κ3) is 3.42. The van der Waals surface area contributed by atoms with Gasteiger partial charge >= 0.3 is 0 Å². The number of rotatable bonds is 4. The first kappa shape index (κ1) is 14.2. The van der Waals surface area contributed by atoms with Crippen LogP contribution in [0.2, 0.25) is 0 Å². The van der Waals surface area contributed by atoms with E-state index in [1.54, 1.807) is 6.20 Å². The number of pyridine rings is 1. The summed E-state index contributed by atoms with van der Waals surface area (Å²) in [6.45, 7) is 3.89. The normalized spacial score (nSPS) is 13.6. The maximum Gasteiger partial charge on any atom is 0.242 e. The molecule has 0 aliphatic carbocycles. The molecule has 0 bridgehead atoms. The van der Waals surface area contributed by atoms with Gasteiger partial charge in [-0.3, -0.25) is 9.78 Å². The van der Waals surface area contributed by atoms with Gasteiger partial charge in [0.15, 0.2) is 0 Å². The minimum Gasteiger partial charge on any atom is -0.346 e. The van der Waals surface area contributed by atoms with Gasteiger partial charge in [-0.25, -0.2) is 0 Å². The summed E-state index contributed by atoms with van der Waals surface area (Å²) in [6, 6.07) is 12.4. The van der Waals surface area contributed by atoms with Gasteiger partial charge in [-0.05, 0) is 31.5 Å². The molecular formula is C16H19N3O. The molecule has 0 radical (unpaired) electrons. The largest absolute Gasteiger partial charge is 0.346 e. The zero-order valence-electron chi connectivity index (χ0n) is 11.7. The molecule has 1 amide bonds. The van der Waals surface area contributed by atoms with Crippen molar-refractivity contribution in [2.75, 3.05) is 0 Å². The van der Waals surface area contributed by atoms with Crippen LogP contribution in [0.4, 0.5) is 0 Å². The molecule has 2 aromatic rings. The molecular weight excluding hydrogens is 250 g/mol. The van der Waals surface area contributed by atoms with Crippen LogP contribution in [0.25, 0.3) is 0 Å². The Morgan fingerprint density at radius 3 is 2.50 bits per heavy atom. The van der Waals surface area contributed by atoms with Crippen LogP contribution in [0.5, 0.6) is 0 Å². The highest BCUT2D eigenvalue weighted by atomic mass is 16.2. The Balaban J connectivity index is 2.02. The van der Waals surface area contributed by atoms with Gasteiger partial charge in [0, 0.05) is 6.20 Å². The van der Waals surface area contributed by atoms with Gasteiger partial charge in [0.05, 0.1) is 11.7 Å². The Kier molecular flexibility index (Phi) is 4.48. The molecule has 0 aliphatic rings. The van der Waals surface area contributed by atoms with Crippen LogP contribution in [0.1, 0.15) is 35.8 Å². The van der Waals surface area contributed by atoms with E-state index in [1.807, 2.05) is 56.3 Å². The van der Waals surface area contributed by atoms with Crippen molar-refractivity contribution in [1.29, 1.82) is 0 Å². The minimum absolute atomic E-state index is 0.166. The number of aromatic nitrogens is 1. The van der Waals surface area contributed by atoms with Crippen molar-refractivity contribution in [2.45, 2.75) is 25.9 Å². The average molecular weight is 269 g/mol. The highest BCUT2D eigenvalue weighted by Gasteiger charge is 2.18. The summed E-state index contributed by atoms with van der Waals surface area (Å²) in [5.41, 5.74) is 8.75. The van der Waals surface area contributed by atoms with E-state index in [1.165, 1.54) is 0 Å². The summed E-state index contributed by atoms with van der Waals surface area (Å²) >= 11 is 0. The second-order valence-corrected chi connectivity index (χ2v) is 4.87. The van der Waals surface area contributed by atoms with E-state index in [9.17, 15) is 4.79 Å². The zero-order valence-corrected chi connectivity index (χ0v) is 11.7. The number of nitrogens with two attached hydrogens (primary N) is 1. The molecule has 1 heterocycles. The fraction of sp³-hybridized carbons (Fsp3) is 0.250. The lowest BCUT2D eigenvalue weighted by molar-refractivity contribution is -0.123. The molecule has 0 aliphatic heterocycles. The monoisotopic (exact) mass is 269 g/mol. The van der Waals surface area contributed by atoms with Gasteiger partial charge < -0.3 is 11.1 Å². The number of amides is 1. The Labute approximate surface area is 119 Å². The number of hydrogen-bond donors (Lipinski definition) is 2. The lowest BCUT2D eigenvalue weighted by atomic mass is 10.0. The number of hydrogen-bond acceptors (Lipinski definition) is 3. The predicted molar refractivity (Wildman–Crippen MR) is 78.9 cm³/mol. The second kappa shape index (κ2) is 6.30. The van der Waals surface area contributed by atoms with Gasteiger partial charge in [0.25, 0.3) is 0 Å². The molecule has 2 atom stereocenters. The minimum atomic E-state index is -0.665. The van der Waals surface area contributed by atoms with Crippen molar-refractivity contribution in [3.63, 3.8) is 0 Å². The van der Waals surface area contributed by atoms with Gasteiger partial charge in [0.1, 0.15) is 6.04 Å². The second-order valence-electron chi connectivity index (χ2n) is 4.87. The number of benzene rings is 1. The number of carbonyl (C=O) groups excluding carboxylic acids is 1. The molecule has 1 aromatic heterocycles. The predicted octanol–water partition coefficient (Wildman–Crippen LogP) is 2.27. The highest BCUT2D eigenvalue weighted by Crippen LogP contribution is 2.14. The topological polar surface area (TPSA) is 68.0 Å². The van der Waals surface area contributed by atoms with Gasteiger partial charge in [-0.1, -0.05) is 35.9 Å². The van der Waals surface area contributed by atoms with Crippen LogP contribution in [0.3, 0.4) is 0 Å². The molecule has 4 nitrogen and oxygen atoms in total. The Bertz CT molecular complexity index is 566. The standard InChI is InChI=1S/C16H19N3O/c1-11-6-8-13(9-7-11)15(17)16(20)19-12(2)14-5-3-4-10-18-14/h3-10,12,15H,17H2,1-2H3,(H,19,20)/t12-,15?/m0/s1. The van der Waals surface area contributed by atoms with Gasteiger partial charge in [-0.15, -0.1) is 0 Å². The van der Waals surface area contributed by atoms with E-state index in [2.05, 4.69) is 10.3 Å². The number of nitrogens with one attached hydrogen (secondary N) is 1. The van der Waals surface area contributed by atoms with Crippen LogP contribution in [0.15, 0.2) is 48.7 Å². The fourth-order valence-electron chi connectivity index (χ4n) is 1.93. The van der Waals surface area contributed by atoms with Gasteiger partial charge in [0.2, 0.25) is 5.91 Å². The highest BCUT2D eigenvalue weighted by molar-refractivity contribution is 5.83. The first-order chi connectivity index (χ1) is 9.58. The van der Waals surface area contributed by atoms with Crippen molar-refractivity contribution in [2.24, 2.45) is 5.73 Å². The first-order valence-electron chi connectivity index (χ1n) is 6.61. The van der Waals surface area contributed by atoms with Crippen LogP contribution in [-0.2, 0) is 4.79 Å². The number of aryl methyl sites for hydroxylation is 1. The molecule has 0 saturated carbocycles. The Hall–Kier alpha value is -2.20. The van der Waals surface area contributed by atoms with E-state index in [0.717, 1.165) is 16.8 Å². The summed E-state index contributed by atoms with van der Waals surface area (Å²) in [5, 5.41) is 2.88. The van der Waals surface area contributed by atoms with E-state index < -0.39 is 6.04 Å². The molecule has 0 spiro atoms. The Morgan fingerprint density at radius 1 is 1.20 bits per heavy atom. The summed E-state index contributed by atoms with van der Waals surface area (Å²) in [6.07, 6.45) is 1.71. The SMILES string of the molecule is Cc1ccc(C(N)C(=O)N[C@@H](C)c2ccccn2)cc1. The summed E-state index contributed by atoms with van der Waals surface area (Å²) in [5.74, 6) is -0.202.